The van der Waals surface area contributed by atoms with E-state index in [1.807, 2.05) is 6.08 Å². The van der Waals surface area contributed by atoms with Crippen molar-refractivity contribution >= 4 is 11.7 Å². The Morgan fingerprint density at radius 1 is 1.46 bits per heavy atom. The number of hydrogen-bond acceptors (Lipinski definition) is 2. The maximum absolute atomic E-state index is 10.7. The molecule has 0 radical (unpaired) electrons. The molecule has 0 spiro atoms. The largest absolute Gasteiger partial charge is 0.313 e. The summed E-state index contributed by atoms with van der Waals surface area (Å²) in [7, 11) is 0. The maximum Gasteiger partial charge on any atom is 0.246 e. The second-order valence-electron chi connectivity index (χ2n) is 3.20. The van der Waals surface area contributed by atoms with Crippen molar-refractivity contribution in [1.29, 1.82) is 0 Å². The van der Waals surface area contributed by atoms with Crippen molar-refractivity contribution < 1.29 is 4.79 Å². The molecule has 0 fully saturated rings. The van der Waals surface area contributed by atoms with Crippen molar-refractivity contribution in [2.45, 2.75) is 32.1 Å². The molecule has 0 saturated carbocycles. The summed E-state index contributed by atoms with van der Waals surface area (Å²) in [5.74, 6) is 0.893. The zero-order valence-corrected chi connectivity index (χ0v) is 7.88. The van der Waals surface area contributed by atoms with Gasteiger partial charge in [-0.2, -0.15) is 0 Å². The fourth-order valence-electron chi connectivity index (χ4n) is 1.31. The van der Waals surface area contributed by atoms with Crippen LogP contribution in [0.25, 0.3) is 0 Å². The SMILES string of the molecule is C=CCCCCCC1=NCC(=O)N1. The summed E-state index contributed by atoms with van der Waals surface area (Å²) in [5, 5.41) is 2.74. The van der Waals surface area contributed by atoms with Crippen LogP contribution in [-0.2, 0) is 4.79 Å². The number of amidine groups is 1. The van der Waals surface area contributed by atoms with Gasteiger partial charge < -0.3 is 5.32 Å². The van der Waals surface area contributed by atoms with Gasteiger partial charge in [-0.25, -0.2) is 0 Å². The summed E-state index contributed by atoms with van der Waals surface area (Å²) < 4.78 is 0. The lowest BCUT2D eigenvalue weighted by molar-refractivity contribution is -0.117. The predicted molar refractivity (Wildman–Crippen MR) is 53.7 cm³/mol. The number of aliphatic imine (C=N–C) groups is 1. The van der Waals surface area contributed by atoms with E-state index in [0.717, 1.165) is 25.1 Å². The van der Waals surface area contributed by atoms with Crippen molar-refractivity contribution in [2.24, 2.45) is 4.99 Å². The van der Waals surface area contributed by atoms with Gasteiger partial charge in [-0.1, -0.05) is 12.5 Å². The van der Waals surface area contributed by atoms with Crippen LogP contribution in [0, 0.1) is 0 Å². The number of allylic oxidation sites excluding steroid dienone is 1. The molecule has 0 bridgehead atoms. The highest BCUT2D eigenvalue weighted by Crippen LogP contribution is 2.05. The van der Waals surface area contributed by atoms with Crippen molar-refractivity contribution in [2.75, 3.05) is 6.54 Å². The molecule has 3 nitrogen and oxygen atoms in total. The van der Waals surface area contributed by atoms with E-state index >= 15 is 0 Å². The number of amides is 1. The monoisotopic (exact) mass is 180 g/mol. The Bertz CT molecular complexity index is 221. The molecule has 0 aromatic heterocycles. The van der Waals surface area contributed by atoms with Crippen LogP contribution in [-0.4, -0.2) is 18.3 Å². The van der Waals surface area contributed by atoms with E-state index < -0.39 is 0 Å². The van der Waals surface area contributed by atoms with Crippen LogP contribution in [0.5, 0.6) is 0 Å². The van der Waals surface area contributed by atoms with Gasteiger partial charge in [-0.15, -0.1) is 6.58 Å². The van der Waals surface area contributed by atoms with Crippen LogP contribution in [0.2, 0.25) is 0 Å². The number of rotatable bonds is 6. The molecule has 0 aromatic rings. The van der Waals surface area contributed by atoms with Crippen molar-refractivity contribution in [3.8, 4) is 0 Å². The van der Waals surface area contributed by atoms with Crippen molar-refractivity contribution in [3.63, 3.8) is 0 Å². The van der Waals surface area contributed by atoms with Gasteiger partial charge in [0.1, 0.15) is 12.4 Å². The standard InChI is InChI=1S/C10H16N2O/c1-2-3-4-5-6-7-9-11-8-10(13)12-9/h2H,1,3-8H2,(H,11,12,13). The summed E-state index contributed by atoms with van der Waals surface area (Å²) in [6.45, 7) is 3.99. The molecule has 0 aromatic carbocycles. The van der Waals surface area contributed by atoms with Crippen LogP contribution >= 0.6 is 0 Å². The topological polar surface area (TPSA) is 41.5 Å². The van der Waals surface area contributed by atoms with Crippen LogP contribution in [0.1, 0.15) is 32.1 Å². The molecule has 3 heteroatoms. The average molecular weight is 180 g/mol. The lowest BCUT2D eigenvalue weighted by Crippen LogP contribution is -2.24. The normalized spacial score (nSPS) is 15.4. The van der Waals surface area contributed by atoms with Gasteiger partial charge in [0, 0.05) is 6.42 Å². The quantitative estimate of drug-likeness (QED) is 0.490. The Hall–Kier alpha value is -1.12. The van der Waals surface area contributed by atoms with Crippen LogP contribution in [0.3, 0.4) is 0 Å². The predicted octanol–water partition coefficient (Wildman–Crippen LogP) is 1.65. The zero-order chi connectivity index (χ0) is 9.52. The van der Waals surface area contributed by atoms with Crippen LogP contribution < -0.4 is 5.32 Å². The summed E-state index contributed by atoms with van der Waals surface area (Å²) in [6.07, 6.45) is 7.40. The molecule has 0 atom stereocenters. The second kappa shape index (κ2) is 5.51. The first-order valence-electron chi connectivity index (χ1n) is 4.77. The van der Waals surface area contributed by atoms with Gasteiger partial charge in [0.05, 0.1) is 0 Å². The first-order chi connectivity index (χ1) is 6.33. The Morgan fingerprint density at radius 3 is 2.92 bits per heavy atom. The van der Waals surface area contributed by atoms with Gasteiger partial charge in [0.25, 0.3) is 0 Å². The molecular formula is C10H16N2O. The molecule has 0 saturated heterocycles. The highest BCUT2D eigenvalue weighted by Gasteiger charge is 2.11. The van der Waals surface area contributed by atoms with Gasteiger partial charge in [0.2, 0.25) is 5.91 Å². The summed E-state index contributed by atoms with van der Waals surface area (Å²) >= 11 is 0. The first kappa shape index (κ1) is 9.96. The Balaban J connectivity index is 2.00. The van der Waals surface area contributed by atoms with Gasteiger partial charge >= 0.3 is 0 Å². The molecule has 72 valence electrons. The summed E-state index contributed by atoms with van der Waals surface area (Å²) in [5.41, 5.74) is 0. The van der Waals surface area contributed by atoms with E-state index in [-0.39, 0.29) is 5.91 Å². The molecule has 13 heavy (non-hydrogen) atoms. The number of nitrogens with zero attached hydrogens (tertiary/aromatic N) is 1. The third-order valence-electron chi connectivity index (χ3n) is 2.02. The molecule has 1 amide bonds. The third-order valence-corrected chi connectivity index (χ3v) is 2.02. The fraction of sp³-hybridized carbons (Fsp3) is 0.600. The lowest BCUT2D eigenvalue weighted by Gasteiger charge is -1.99. The Kier molecular flexibility index (Phi) is 4.23. The highest BCUT2D eigenvalue weighted by atomic mass is 16.2. The number of carbonyl (C=O) groups is 1. The summed E-state index contributed by atoms with van der Waals surface area (Å²) in [4.78, 5) is 14.8. The van der Waals surface area contributed by atoms with Crippen molar-refractivity contribution in [3.05, 3.63) is 12.7 Å². The van der Waals surface area contributed by atoms with E-state index in [1.54, 1.807) is 0 Å². The van der Waals surface area contributed by atoms with E-state index in [4.69, 9.17) is 0 Å². The molecule has 1 aliphatic heterocycles. The summed E-state index contributed by atoms with van der Waals surface area (Å²) in [6, 6.07) is 0. The third kappa shape index (κ3) is 3.87. The zero-order valence-electron chi connectivity index (χ0n) is 7.88. The number of unbranched alkanes of at least 4 members (excludes halogenated alkanes) is 3. The van der Waals surface area contributed by atoms with E-state index in [2.05, 4.69) is 16.9 Å². The smallest absolute Gasteiger partial charge is 0.246 e. The minimum absolute atomic E-state index is 0.0288. The highest BCUT2D eigenvalue weighted by molar-refractivity contribution is 6.03. The number of nitrogens with one attached hydrogen (secondary N) is 1. The van der Waals surface area contributed by atoms with Gasteiger partial charge in [-0.05, 0) is 19.3 Å². The molecule has 1 rings (SSSR count). The van der Waals surface area contributed by atoms with E-state index in [0.29, 0.717) is 6.54 Å². The minimum atomic E-state index is 0.0288. The Labute approximate surface area is 78.9 Å². The molecule has 1 N–H and O–H groups in total. The molecule has 1 aliphatic rings. The number of hydrogen-bond donors (Lipinski definition) is 1. The Morgan fingerprint density at radius 2 is 2.31 bits per heavy atom. The molecule has 1 heterocycles. The van der Waals surface area contributed by atoms with Gasteiger partial charge in [0.15, 0.2) is 0 Å². The molecular weight excluding hydrogens is 164 g/mol. The van der Waals surface area contributed by atoms with E-state index in [1.165, 1.54) is 12.8 Å². The molecule has 0 unspecified atom stereocenters. The maximum atomic E-state index is 10.7. The lowest BCUT2D eigenvalue weighted by atomic mass is 10.1. The number of carbonyl (C=O) groups excluding carboxylic acids is 1. The van der Waals surface area contributed by atoms with E-state index in [9.17, 15) is 4.79 Å². The minimum Gasteiger partial charge on any atom is -0.313 e. The van der Waals surface area contributed by atoms with Gasteiger partial charge in [-0.3, -0.25) is 9.79 Å². The molecule has 0 aliphatic carbocycles. The fourth-order valence-corrected chi connectivity index (χ4v) is 1.31. The average Bonchev–Trinajstić information content (AvgIpc) is 2.51. The first-order valence-corrected chi connectivity index (χ1v) is 4.77. The second-order valence-corrected chi connectivity index (χ2v) is 3.20. The van der Waals surface area contributed by atoms with Crippen LogP contribution in [0.4, 0.5) is 0 Å². The van der Waals surface area contributed by atoms with Crippen molar-refractivity contribution in [1.82, 2.24) is 5.32 Å². The van der Waals surface area contributed by atoms with Crippen LogP contribution in [0.15, 0.2) is 17.6 Å².